The zero-order valence-corrected chi connectivity index (χ0v) is 12.1. The van der Waals surface area contributed by atoms with Gasteiger partial charge >= 0.3 is 9.24 Å². The molecule has 1 amide bonds. The van der Waals surface area contributed by atoms with Gasteiger partial charge in [0.05, 0.1) is 12.5 Å². The van der Waals surface area contributed by atoms with Crippen molar-refractivity contribution in [1.82, 2.24) is 4.31 Å². The van der Waals surface area contributed by atoms with Crippen LogP contribution in [0.1, 0.15) is 18.0 Å². The Morgan fingerprint density at radius 3 is 2.59 bits per heavy atom. The van der Waals surface area contributed by atoms with Crippen LogP contribution in [0.4, 0.5) is 0 Å². The van der Waals surface area contributed by atoms with E-state index >= 15 is 0 Å². The molecular weight excluding hydrogens is 353 g/mol. The highest BCUT2D eigenvalue weighted by Gasteiger charge is 2.45. The van der Waals surface area contributed by atoms with Gasteiger partial charge in [-0.15, -0.1) is 0 Å². The second-order valence-corrected chi connectivity index (χ2v) is 7.20. The number of hydrogen-bond acceptors (Lipinski definition) is 3. The lowest BCUT2D eigenvalue weighted by Crippen LogP contribution is -2.48. The SMILES string of the molecule is O=C1CC(c2cc(Cl)ccc2Br)N1S(=O)(=O)Cl. The van der Waals surface area contributed by atoms with E-state index in [1.54, 1.807) is 18.2 Å². The van der Waals surface area contributed by atoms with Crippen LogP contribution in [-0.2, 0) is 14.0 Å². The van der Waals surface area contributed by atoms with Gasteiger partial charge in [-0.05, 0) is 23.8 Å². The van der Waals surface area contributed by atoms with Crippen LogP contribution in [0.25, 0.3) is 0 Å². The lowest BCUT2D eigenvalue weighted by atomic mass is 9.97. The summed E-state index contributed by atoms with van der Waals surface area (Å²) >= 11 is 9.12. The van der Waals surface area contributed by atoms with Crippen molar-refractivity contribution >= 4 is 53.4 Å². The third kappa shape index (κ3) is 2.45. The number of nitrogens with zero attached hydrogens (tertiary/aromatic N) is 1. The second-order valence-electron chi connectivity index (χ2n) is 3.52. The molecule has 1 aliphatic heterocycles. The minimum atomic E-state index is -4.05. The summed E-state index contributed by atoms with van der Waals surface area (Å²) in [4.78, 5) is 11.3. The molecule has 1 fully saturated rings. The maximum Gasteiger partial charge on any atom is 0.324 e. The molecule has 1 aromatic rings. The molecule has 1 aliphatic rings. The average Bonchev–Trinajstić information content (AvgIpc) is 2.15. The summed E-state index contributed by atoms with van der Waals surface area (Å²) in [6.45, 7) is 0. The number of carbonyl (C=O) groups excluding carboxylic acids is 1. The van der Waals surface area contributed by atoms with E-state index in [9.17, 15) is 13.2 Å². The van der Waals surface area contributed by atoms with Gasteiger partial charge in [0.2, 0.25) is 5.91 Å². The zero-order valence-electron chi connectivity index (χ0n) is 8.23. The molecule has 1 aromatic carbocycles. The Balaban J connectivity index is 2.42. The molecule has 17 heavy (non-hydrogen) atoms. The van der Waals surface area contributed by atoms with E-state index in [-0.39, 0.29) is 6.42 Å². The predicted molar refractivity (Wildman–Crippen MR) is 68.1 cm³/mol. The molecule has 0 bridgehead atoms. The molecule has 2 rings (SSSR count). The number of carbonyl (C=O) groups is 1. The van der Waals surface area contributed by atoms with Gasteiger partial charge in [0.15, 0.2) is 0 Å². The van der Waals surface area contributed by atoms with Crippen LogP contribution in [0.2, 0.25) is 5.02 Å². The summed E-state index contributed by atoms with van der Waals surface area (Å²) in [7, 11) is 1.15. The van der Waals surface area contributed by atoms with Crippen LogP contribution in [0, 0.1) is 0 Å². The van der Waals surface area contributed by atoms with Crippen molar-refractivity contribution in [1.29, 1.82) is 0 Å². The number of rotatable bonds is 2. The molecular formula is C9H6BrCl2NO3S. The minimum Gasteiger partial charge on any atom is -0.274 e. The van der Waals surface area contributed by atoms with Gasteiger partial charge in [-0.1, -0.05) is 27.5 Å². The number of halogens is 3. The summed E-state index contributed by atoms with van der Waals surface area (Å²) in [6, 6.07) is 4.38. The van der Waals surface area contributed by atoms with Gasteiger partial charge in [0.1, 0.15) is 0 Å². The topological polar surface area (TPSA) is 54.5 Å². The second kappa shape index (κ2) is 4.42. The van der Waals surface area contributed by atoms with Gasteiger partial charge in [-0.3, -0.25) is 4.79 Å². The van der Waals surface area contributed by atoms with Crippen LogP contribution in [0.3, 0.4) is 0 Å². The summed E-state index contributed by atoms with van der Waals surface area (Å²) in [6.07, 6.45) is 0.102. The van der Waals surface area contributed by atoms with Gasteiger partial charge in [0, 0.05) is 20.2 Å². The first-order chi connectivity index (χ1) is 7.80. The number of amides is 1. The molecule has 1 saturated heterocycles. The molecule has 0 aromatic heterocycles. The molecule has 0 saturated carbocycles. The monoisotopic (exact) mass is 357 g/mol. The van der Waals surface area contributed by atoms with Gasteiger partial charge in [-0.2, -0.15) is 8.42 Å². The van der Waals surface area contributed by atoms with E-state index in [4.69, 9.17) is 22.3 Å². The van der Waals surface area contributed by atoms with Crippen molar-refractivity contribution in [2.45, 2.75) is 12.5 Å². The van der Waals surface area contributed by atoms with Crippen LogP contribution in [0.15, 0.2) is 22.7 Å². The maximum atomic E-state index is 11.3. The van der Waals surface area contributed by atoms with E-state index < -0.39 is 21.2 Å². The fourth-order valence-corrected chi connectivity index (χ4v) is 3.70. The maximum absolute atomic E-state index is 11.3. The highest BCUT2D eigenvalue weighted by atomic mass is 79.9. The molecule has 4 nitrogen and oxygen atoms in total. The van der Waals surface area contributed by atoms with E-state index in [1.165, 1.54) is 0 Å². The van der Waals surface area contributed by atoms with Crippen molar-refractivity contribution in [3.63, 3.8) is 0 Å². The van der Waals surface area contributed by atoms with Crippen LogP contribution in [0.5, 0.6) is 0 Å². The van der Waals surface area contributed by atoms with E-state index in [0.717, 1.165) is 0 Å². The van der Waals surface area contributed by atoms with E-state index in [1.807, 2.05) is 0 Å². The Hall–Kier alpha value is -0.300. The Labute approximate surface area is 116 Å². The standard InChI is InChI=1S/C9H6BrCl2NO3S/c10-7-2-1-5(11)3-6(7)8-4-9(14)13(8)17(12,15)16/h1-3,8H,4H2. The highest BCUT2D eigenvalue weighted by molar-refractivity contribution is 9.10. The Morgan fingerprint density at radius 1 is 1.41 bits per heavy atom. The van der Waals surface area contributed by atoms with Crippen LogP contribution >= 0.6 is 38.2 Å². The first-order valence-electron chi connectivity index (χ1n) is 4.52. The first-order valence-corrected chi connectivity index (χ1v) is 7.96. The number of benzene rings is 1. The lowest BCUT2D eigenvalue weighted by molar-refractivity contribution is -0.137. The zero-order chi connectivity index (χ0) is 12.8. The fourth-order valence-electron chi connectivity index (χ4n) is 1.68. The normalized spacial score (nSPS) is 20.3. The molecule has 1 atom stereocenters. The average molecular weight is 359 g/mol. The quantitative estimate of drug-likeness (QED) is 0.603. The number of hydrogen-bond donors (Lipinski definition) is 0. The van der Waals surface area contributed by atoms with Crippen molar-refractivity contribution in [2.75, 3.05) is 0 Å². The van der Waals surface area contributed by atoms with E-state index in [0.29, 0.717) is 19.4 Å². The third-order valence-electron chi connectivity index (χ3n) is 2.45. The summed E-state index contributed by atoms with van der Waals surface area (Å²) < 4.78 is 23.8. The number of β-lactam (4-membered cyclic amide) rings is 1. The van der Waals surface area contributed by atoms with Crippen LogP contribution in [-0.4, -0.2) is 18.6 Å². The predicted octanol–water partition coefficient (Wildman–Crippen LogP) is 2.86. The van der Waals surface area contributed by atoms with Crippen molar-refractivity contribution < 1.29 is 13.2 Å². The molecule has 8 heteroatoms. The molecule has 0 spiro atoms. The van der Waals surface area contributed by atoms with Gasteiger partial charge in [0.25, 0.3) is 0 Å². The third-order valence-corrected chi connectivity index (χ3v) is 4.78. The molecule has 0 N–H and O–H groups in total. The summed E-state index contributed by atoms with van der Waals surface area (Å²) in [5.41, 5.74) is 0.626. The molecule has 0 aliphatic carbocycles. The summed E-state index contributed by atoms with van der Waals surface area (Å²) in [5.74, 6) is -0.517. The van der Waals surface area contributed by atoms with E-state index in [2.05, 4.69) is 15.9 Å². The first kappa shape index (κ1) is 13.1. The lowest BCUT2D eigenvalue weighted by Gasteiger charge is -2.37. The molecule has 92 valence electrons. The molecule has 1 unspecified atom stereocenters. The molecule has 0 radical (unpaired) electrons. The fraction of sp³-hybridized carbons (Fsp3) is 0.222. The van der Waals surface area contributed by atoms with Crippen molar-refractivity contribution in [2.24, 2.45) is 0 Å². The van der Waals surface area contributed by atoms with Crippen molar-refractivity contribution in [3.05, 3.63) is 33.3 Å². The largest absolute Gasteiger partial charge is 0.324 e. The Morgan fingerprint density at radius 2 is 2.06 bits per heavy atom. The Kier molecular flexibility index (Phi) is 3.42. The van der Waals surface area contributed by atoms with Gasteiger partial charge < -0.3 is 0 Å². The minimum absolute atomic E-state index is 0.102. The van der Waals surface area contributed by atoms with Crippen LogP contribution < -0.4 is 0 Å². The Bertz CT molecular complexity index is 590. The molecule has 1 heterocycles. The highest BCUT2D eigenvalue weighted by Crippen LogP contribution is 2.41. The summed E-state index contributed by atoms with van der Waals surface area (Å²) in [5, 5.41) is 0.467. The van der Waals surface area contributed by atoms with Crippen molar-refractivity contribution in [3.8, 4) is 0 Å². The van der Waals surface area contributed by atoms with Gasteiger partial charge in [-0.25, -0.2) is 4.31 Å². The smallest absolute Gasteiger partial charge is 0.274 e.